The molecule has 100 valence electrons. The zero-order valence-corrected chi connectivity index (χ0v) is 10.8. The number of unbranched alkanes of at least 4 members (excludes halogenated alkanes) is 3. The third kappa shape index (κ3) is 11.2. The second-order valence-corrected chi connectivity index (χ2v) is 4.05. The van der Waals surface area contributed by atoms with E-state index in [-0.39, 0.29) is 11.8 Å². The molecular formula is C12H25N3O2. The van der Waals surface area contributed by atoms with Crippen LogP contribution in [0.5, 0.6) is 0 Å². The minimum absolute atomic E-state index is 0.0641. The maximum atomic E-state index is 11.3. The number of hydrogen-bond donors (Lipinski definition) is 3. The summed E-state index contributed by atoms with van der Waals surface area (Å²) < 4.78 is 0. The summed E-state index contributed by atoms with van der Waals surface area (Å²) in [5.41, 5.74) is 5.23. The van der Waals surface area contributed by atoms with E-state index in [1.165, 1.54) is 12.8 Å². The molecule has 0 aliphatic rings. The standard InChI is InChI=1S/C12H25N3O2/c1-2-3-4-5-6-11(16)14-9-10-15-12(17)7-8-13/h2-10,13H2,1H3,(H,14,16)(H,15,17). The topological polar surface area (TPSA) is 84.2 Å². The molecule has 2 amide bonds. The van der Waals surface area contributed by atoms with Gasteiger partial charge in [0.05, 0.1) is 0 Å². The van der Waals surface area contributed by atoms with E-state index < -0.39 is 0 Å². The molecule has 0 saturated heterocycles. The Labute approximate surface area is 104 Å². The van der Waals surface area contributed by atoms with Crippen molar-refractivity contribution in [3.8, 4) is 0 Å². The Balaban J connectivity index is 3.30. The third-order valence-corrected chi connectivity index (χ3v) is 2.40. The van der Waals surface area contributed by atoms with Gasteiger partial charge in [0, 0.05) is 32.5 Å². The number of amides is 2. The first-order valence-electron chi connectivity index (χ1n) is 6.44. The van der Waals surface area contributed by atoms with Crippen LogP contribution in [0.2, 0.25) is 0 Å². The predicted molar refractivity (Wildman–Crippen MR) is 68.4 cm³/mol. The van der Waals surface area contributed by atoms with Crippen molar-refractivity contribution in [2.24, 2.45) is 5.73 Å². The lowest BCUT2D eigenvalue weighted by Gasteiger charge is -2.06. The van der Waals surface area contributed by atoms with Crippen LogP contribution in [0.1, 0.15) is 45.4 Å². The largest absolute Gasteiger partial charge is 0.354 e. The Morgan fingerprint density at radius 2 is 1.53 bits per heavy atom. The number of nitrogens with two attached hydrogens (primary N) is 1. The molecule has 0 radical (unpaired) electrons. The lowest BCUT2D eigenvalue weighted by atomic mass is 10.1. The van der Waals surface area contributed by atoms with Crippen molar-refractivity contribution in [1.29, 1.82) is 0 Å². The average Bonchev–Trinajstić information content (AvgIpc) is 2.31. The van der Waals surface area contributed by atoms with E-state index in [1.807, 2.05) is 0 Å². The molecule has 5 heteroatoms. The molecule has 0 spiro atoms. The number of nitrogens with one attached hydrogen (secondary N) is 2. The molecule has 4 N–H and O–H groups in total. The van der Waals surface area contributed by atoms with Crippen LogP contribution in [0, 0.1) is 0 Å². The van der Waals surface area contributed by atoms with E-state index in [2.05, 4.69) is 17.6 Å². The molecular weight excluding hydrogens is 218 g/mol. The van der Waals surface area contributed by atoms with E-state index >= 15 is 0 Å². The molecule has 0 saturated carbocycles. The lowest BCUT2D eigenvalue weighted by Crippen LogP contribution is -2.35. The quantitative estimate of drug-likeness (QED) is 0.490. The summed E-state index contributed by atoms with van der Waals surface area (Å²) in [4.78, 5) is 22.4. The molecule has 0 heterocycles. The maximum absolute atomic E-state index is 11.3. The van der Waals surface area contributed by atoms with Gasteiger partial charge in [-0.3, -0.25) is 9.59 Å². The van der Waals surface area contributed by atoms with Gasteiger partial charge in [-0.25, -0.2) is 0 Å². The molecule has 17 heavy (non-hydrogen) atoms. The van der Waals surface area contributed by atoms with Crippen LogP contribution in [-0.2, 0) is 9.59 Å². The normalized spacial score (nSPS) is 10.0. The second kappa shape index (κ2) is 11.4. The summed E-state index contributed by atoms with van der Waals surface area (Å²) >= 11 is 0. The highest BCUT2D eigenvalue weighted by molar-refractivity contribution is 5.77. The molecule has 0 aliphatic heterocycles. The molecule has 5 nitrogen and oxygen atoms in total. The van der Waals surface area contributed by atoms with Gasteiger partial charge >= 0.3 is 0 Å². The average molecular weight is 243 g/mol. The van der Waals surface area contributed by atoms with Crippen molar-refractivity contribution in [2.75, 3.05) is 19.6 Å². The van der Waals surface area contributed by atoms with Gasteiger partial charge in [-0.15, -0.1) is 0 Å². The minimum atomic E-state index is -0.0651. The van der Waals surface area contributed by atoms with Gasteiger partial charge in [0.1, 0.15) is 0 Å². The van der Waals surface area contributed by atoms with Crippen molar-refractivity contribution >= 4 is 11.8 Å². The van der Waals surface area contributed by atoms with Gasteiger partial charge in [-0.05, 0) is 6.42 Å². The zero-order chi connectivity index (χ0) is 12.9. The summed E-state index contributed by atoms with van der Waals surface area (Å²) in [5.74, 6) is -0.00104. The lowest BCUT2D eigenvalue weighted by molar-refractivity contribution is -0.122. The Bertz CT molecular complexity index is 220. The first-order valence-corrected chi connectivity index (χ1v) is 6.44. The highest BCUT2D eigenvalue weighted by Gasteiger charge is 2.01. The summed E-state index contributed by atoms with van der Waals surface area (Å²) in [7, 11) is 0. The van der Waals surface area contributed by atoms with Crippen molar-refractivity contribution in [2.45, 2.75) is 45.4 Å². The van der Waals surface area contributed by atoms with Crippen molar-refractivity contribution in [1.82, 2.24) is 10.6 Å². The molecule has 0 aromatic rings. The number of rotatable bonds is 10. The number of carbonyl (C=O) groups is 2. The molecule has 0 fully saturated rings. The van der Waals surface area contributed by atoms with Gasteiger partial charge in [0.25, 0.3) is 0 Å². The van der Waals surface area contributed by atoms with Crippen LogP contribution in [0.15, 0.2) is 0 Å². The highest BCUT2D eigenvalue weighted by Crippen LogP contribution is 2.01. The molecule has 0 aromatic heterocycles. The molecule has 0 atom stereocenters. The Morgan fingerprint density at radius 3 is 2.06 bits per heavy atom. The fourth-order valence-corrected chi connectivity index (χ4v) is 1.42. The van der Waals surface area contributed by atoms with E-state index in [0.29, 0.717) is 32.5 Å². The Kier molecular flexibility index (Phi) is 10.7. The molecule has 0 aromatic carbocycles. The van der Waals surface area contributed by atoms with Crippen molar-refractivity contribution in [3.05, 3.63) is 0 Å². The molecule has 0 rings (SSSR count). The molecule has 0 unspecified atom stereocenters. The maximum Gasteiger partial charge on any atom is 0.221 e. The number of hydrogen-bond acceptors (Lipinski definition) is 3. The van der Waals surface area contributed by atoms with Crippen LogP contribution in [0.3, 0.4) is 0 Å². The van der Waals surface area contributed by atoms with Gasteiger partial charge in [0.2, 0.25) is 11.8 Å². The van der Waals surface area contributed by atoms with Crippen LogP contribution < -0.4 is 16.4 Å². The van der Waals surface area contributed by atoms with Gasteiger partial charge in [-0.2, -0.15) is 0 Å². The van der Waals surface area contributed by atoms with Crippen molar-refractivity contribution in [3.63, 3.8) is 0 Å². The van der Waals surface area contributed by atoms with Gasteiger partial charge in [0.15, 0.2) is 0 Å². The monoisotopic (exact) mass is 243 g/mol. The SMILES string of the molecule is CCCCCCC(=O)NCCNC(=O)CCN. The van der Waals surface area contributed by atoms with Crippen LogP contribution in [0.4, 0.5) is 0 Å². The minimum Gasteiger partial charge on any atom is -0.354 e. The fourth-order valence-electron chi connectivity index (χ4n) is 1.42. The van der Waals surface area contributed by atoms with Crippen LogP contribution in [-0.4, -0.2) is 31.4 Å². The molecule has 0 bridgehead atoms. The van der Waals surface area contributed by atoms with Gasteiger partial charge < -0.3 is 16.4 Å². The Morgan fingerprint density at radius 1 is 0.941 bits per heavy atom. The van der Waals surface area contributed by atoms with E-state index in [9.17, 15) is 9.59 Å². The second-order valence-electron chi connectivity index (χ2n) is 4.05. The van der Waals surface area contributed by atoms with E-state index in [4.69, 9.17) is 5.73 Å². The van der Waals surface area contributed by atoms with E-state index in [0.717, 1.165) is 12.8 Å². The van der Waals surface area contributed by atoms with Gasteiger partial charge in [-0.1, -0.05) is 26.2 Å². The van der Waals surface area contributed by atoms with E-state index in [1.54, 1.807) is 0 Å². The summed E-state index contributed by atoms with van der Waals surface area (Å²) in [5, 5.41) is 5.45. The van der Waals surface area contributed by atoms with Crippen molar-refractivity contribution < 1.29 is 9.59 Å². The first kappa shape index (κ1) is 15.9. The summed E-state index contributed by atoms with van der Waals surface area (Å²) in [6, 6.07) is 0. The first-order chi connectivity index (χ1) is 8.20. The van der Waals surface area contributed by atoms with Crippen LogP contribution in [0.25, 0.3) is 0 Å². The Hall–Kier alpha value is -1.10. The van der Waals surface area contributed by atoms with Crippen LogP contribution >= 0.6 is 0 Å². The smallest absolute Gasteiger partial charge is 0.221 e. The number of carbonyl (C=O) groups excluding carboxylic acids is 2. The highest BCUT2D eigenvalue weighted by atomic mass is 16.2. The predicted octanol–water partition coefficient (Wildman–Crippen LogP) is 0.538. The zero-order valence-electron chi connectivity index (χ0n) is 10.8. The molecule has 0 aliphatic carbocycles. The fraction of sp³-hybridized carbons (Fsp3) is 0.833. The summed E-state index contributed by atoms with van der Waals surface area (Å²) in [6.45, 7) is 3.46. The third-order valence-electron chi connectivity index (χ3n) is 2.40. The summed E-state index contributed by atoms with van der Waals surface area (Å²) in [6.07, 6.45) is 5.33.